The third kappa shape index (κ3) is 3.15. The summed E-state index contributed by atoms with van der Waals surface area (Å²) in [6.07, 6.45) is 1.90. The summed E-state index contributed by atoms with van der Waals surface area (Å²) in [5, 5.41) is 3.10. The van der Waals surface area contributed by atoms with Gasteiger partial charge in [0.25, 0.3) is 0 Å². The van der Waals surface area contributed by atoms with Gasteiger partial charge in [0.05, 0.1) is 5.69 Å². The Kier molecular flexibility index (Phi) is 4.36. The molecule has 0 saturated heterocycles. The van der Waals surface area contributed by atoms with Gasteiger partial charge in [-0.1, -0.05) is 48.5 Å². The van der Waals surface area contributed by atoms with Crippen molar-refractivity contribution >= 4 is 17.6 Å². The summed E-state index contributed by atoms with van der Waals surface area (Å²) in [6, 6.07) is 14.4. The Labute approximate surface area is 120 Å². The molecule has 0 heterocycles. The van der Waals surface area contributed by atoms with Crippen LogP contribution in [-0.4, -0.2) is 13.3 Å². The lowest BCUT2D eigenvalue weighted by molar-refractivity contribution is 1.12. The predicted molar refractivity (Wildman–Crippen MR) is 87.7 cm³/mol. The van der Waals surface area contributed by atoms with Crippen molar-refractivity contribution in [2.75, 3.05) is 7.05 Å². The van der Waals surface area contributed by atoms with Gasteiger partial charge in [-0.05, 0) is 31.0 Å². The fraction of sp³-hybridized carbons (Fsp3) is 0.167. The van der Waals surface area contributed by atoms with Crippen molar-refractivity contribution in [2.45, 2.75) is 13.8 Å². The third-order valence-electron chi connectivity index (χ3n) is 3.25. The van der Waals surface area contributed by atoms with E-state index in [-0.39, 0.29) is 0 Å². The second kappa shape index (κ2) is 6.20. The minimum atomic E-state index is 0.888. The lowest BCUT2D eigenvalue weighted by atomic mass is 10.0. The topological polar surface area (TPSA) is 24.4 Å². The van der Waals surface area contributed by atoms with Crippen LogP contribution >= 0.6 is 0 Å². The van der Waals surface area contributed by atoms with Crippen LogP contribution in [0.15, 0.2) is 54.0 Å². The number of rotatable bonds is 4. The van der Waals surface area contributed by atoms with E-state index in [0.29, 0.717) is 0 Å². The maximum absolute atomic E-state index is 4.62. The zero-order valence-electron chi connectivity index (χ0n) is 12.3. The summed E-state index contributed by atoms with van der Waals surface area (Å²) in [4.78, 5) is 4.62. The van der Waals surface area contributed by atoms with Crippen LogP contribution in [0, 0.1) is 13.8 Å². The smallest absolute Gasteiger partial charge is 0.0725 e. The quantitative estimate of drug-likeness (QED) is 0.820. The van der Waals surface area contributed by atoms with Crippen LogP contribution in [0.3, 0.4) is 0 Å². The highest BCUT2D eigenvalue weighted by Gasteiger charge is 2.06. The summed E-state index contributed by atoms with van der Waals surface area (Å²) < 4.78 is 0. The van der Waals surface area contributed by atoms with E-state index in [1.165, 1.54) is 11.1 Å². The lowest BCUT2D eigenvalue weighted by Gasteiger charge is -2.11. The molecule has 1 N–H and O–H groups in total. The molecule has 0 saturated carbocycles. The van der Waals surface area contributed by atoms with Crippen molar-refractivity contribution in [1.29, 1.82) is 0 Å². The number of nitrogens with one attached hydrogen (secondary N) is 1. The van der Waals surface area contributed by atoms with Crippen molar-refractivity contribution in [3.63, 3.8) is 0 Å². The monoisotopic (exact) mass is 264 g/mol. The van der Waals surface area contributed by atoms with E-state index in [9.17, 15) is 0 Å². The number of hydrogen-bond acceptors (Lipinski definition) is 2. The van der Waals surface area contributed by atoms with Crippen LogP contribution in [0.5, 0.6) is 0 Å². The summed E-state index contributed by atoms with van der Waals surface area (Å²) in [6.45, 7) is 8.20. The summed E-state index contributed by atoms with van der Waals surface area (Å²) in [5.41, 5.74) is 6.40. The van der Waals surface area contributed by atoms with Crippen LogP contribution < -0.4 is 5.32 Å². The number of benzene rings is 2. The third-order valence-corrected chi connectivity index (χ3v) is 3.25. The summed E-state index contributed by atoms with van der Waals surface area (Å²) >= 11 is 0. The lowest BCUT2D eigenvalue weighted by Crippen LogP contribution is -2.04. The normalized spacial score (nSPS) is 10.8. The molecule has 0 aromatic heterocycles. The van der Waals surface area contributed by atoms with Crippen LogP contribution in [-0.2, 0) is 0 Å². The Morgan fingerprint density at radius 1 is 1.15 bits per heavy atom. The van der Waals surface area contributed by atoms with Gasteiger partial charge in [-0.15, -0.1) is 0 Å². The summed E-state index contributed by atoms with van der Waals surface area (Å²) in [7, 11) is 1.88. The first-order valence-corrected chi connectivity index (χ1v) is 6.69. The van der Waals surface area contributed by atoms with Crippen LogP contribution in [0.25, 0.3) is 5.70 Å². The molecule has 0 aliphatic rings. The molecular formula is C18H20N2. The van der Waals surface area contributed by atoms with Gasteiger partial charge in [-0.25, -0.2) is 0 Å². The molecule has 0 radical (unpaired) electrons. The highest BCUT2D eigenvalue weighted by atomic mass is 14.8. The molecule has 2 heteroatoms. The van der Waals surface area contributed by atoms with Crippen molar-refractivity contribution in [3.8, 4) is 0 Å². The van der Waals surface area contributed by atoms with Gasteiger partial charge in [-0.3, -0.25) is 4.99 Å². The van der Waals surface area contributed by atoms with E-state index in [1.54, 1.807) is 0 Å². The minimum absolute atomic E-state index is 0.888. The zero-order valence-corrected chi connectivity index (χ0v) is 12.3. The van der Waals surface area contributed by atoms with Crippen LogP contribution in [0.2, 0.25) is 0 Å². The maximum Gasteiger partial charge on any atom is 0.0725 e. The molecule has 0 spiro atoms. The highest BCUT2D eigenvalue weighted by Crippen LogP contribution is 2.27. The first-order chi connectivity index (χ1) is 9.61. The van der Waals surface area contributed by atoms with Gasteiger partial charge < -0.3 is 5.32 Å². The molecule has 0 bridgehead atoms. The van der Waals surface area contributed by atoms with E-state index >= 15 is 0 Å². The molecule has 0 aliphatic heterocycles. The van der Waals surface area contributed by atoms with E-state index in [0.717, 1.165) is 22.5 Å². The van der Waals surface area contributed by atoms with Gasteiger partial charge in [0.15, 0.2) is 0 Å². The van der Waals surface area contributed by atoms with Crippen molar-refractivity contribution < 1.29 is 0 Å². The van der Waals surface area contributed by atoms with Gasteiger partial charge in [-0.2, -0.15) is 0 Å². The highest BCUT2D eigenvalue weighted by molar-refractivity contribution is 5.85. The van der Waals surface area contributed by atoms with Gasteiger partial charge >= 0.3 is 0 Å². The molecule has 0 atom stereocenters. The Balaban J connectivity index is 2.39. The molecule has 2 nitrogen and oxygen atoms in total. The number of hydrogen-bond donors (Lipinski definition) is 1. The molecular weight excluding hydrogens is 244 g/mol. The largest absolute Gasteiger partial charge is 0.388 e. The SMILES string of the molecule is C=C(NC)c1c(C)cccc1N=Cc1cccc(C)c1. The number of aliphatic imine (C=N–C) groups is 1. The average molecular weight is 264 g/mol. The Morgan fingerprint density at radius 2 is 1.90 bits per heavy atom. The van der Waals surface area contributed by atoms with Crippen molar-refractivity contribution in [3.05, 3.63) is 71.3 Å². The minimum Gasteiger partial charge on any atom is -0.388 e. The first kappa shape index (κ1) is 14.1. The Morgan fingerprint density at radius 3 is 2.60 bits per heavy atom. The van der Waals surface area contributed by atoms with E-state index in [1.807, 2.05) is 31.5 Å². The molecule has 20 heavy (non-hydrogen) atoms. The molecule has 0 unspecified atom stereocenters. The second-order valence-corrected chi connectivity index (χ2v) is 4.87. The predicted octanol–water partition coefficient (Wildman–Crippen LogP) is 4.24. The van der Waals surface area contributed by atoms with Gasteiger partial charge in [0, 0.05) is 24.5 Å². The van der Waals surface area contributed by atoms with Crippen molar-refractivity contribution in [1.82, 2.24) is 5.32 Å². The molecule has 102 valence electrons. The molecule has 2 rings (SSSR count). The van der Waals surface area contributed by atoms with Gasteiger partial charge in [0.2, 0.25) is 0 Å². The zero-order chi connectivity index (χ0) is 14.5. The molecule has 2 aromatic carbocycles. The Bertz CT molecular complexity index is 654. The second-order valence-electron chi connectivity index (χ2n) is 4.87. The fourth-order valence-electron chi connectivity index (χ4n) is 2.17. The van der Waals surface area contributed by atoms with E-state index in [2.05, 4.69) is 55.0 Å². The average Bonchev–Trinajstić information content (AvgIpc) is 2.44. The fourth-order valence-corrected chi connectivity index (χ4v) is 2.17. The molecule has 0 fully saturated rings. The number of aryl methyl sites for hydroxylation is 2. The van der Waals surface area contributed by atoms with Crippen LogP contribution in [0.4, 0.5) is 5.69 Å². The van der Waals surface area contributed by atoms with E-state index < -0.39 is 0 Å². The Hall–Kier alpha value is -2.35. The maximum atomic E-state index is 4.62. The molecule has 0 aliphatic carbocycles. The van der Waals surface area contributed by atoms with E-state index in [4.69, 9.17) is 0 Å². The molecule has 2 aromatic rings. The van der Waals surface area contributed by atoms with Crippen LogP contribution in [0.1, 0.15) is 22.3 Å². The summed E-state index contributed by atoms with van der Waals surface area (Å²) in [5.74, 6) is 0. The molecule has 0 amide bonds. The number of nitrogens with zero attached hydrogens (tertiary/aromatic N) is 1. The van der Waals surface area contributed by atoms with Crippen molar-refractivity contribution in [2.24, 2.45) is 4.99 Å². The van der Waals surface area contributed by atoms with Gasteiger partial charge in [0.1, 0.15) is 0 Å². The standard InChI is InChI=1S/C18H20N2/c1-13-7-5-9-16(11-13)12-20-17-10-6-8-14(2)18(17)15(3)19-4/h5-12,19H,3H2,1-2,4H3. The first-order valence-electron chi connectivity index (χ1n) is 6.69.